The molecule has 0 amide bonds. The van der Waals surface area contributed by atoms with Crippen molar-refractivity contribution in [2.45, 2.75) is 10.5 Å². The van der Waals surface area contributed by atoms with Gasteiger partial charge >= 0.3 is 0 Å². The summed E-state index contributed by atoms with van der Waals surface area (Å²) in [7, 11) is 1.90. The fourth-order valence-corrected chi connectivity index (χ4v) is 1.52. The van der Waals surface area contributed by atoms with Crippen molar-refractivity contribution in [1.82, 2.24) is 3.11 Å². The standard InChI is InChI=1S/C10H11I2NO/c1-10(11,13(2)12)9(14)8-6-4-3-5-7-8/h3-7H,1-2H3. The van der Waals surface area contributed by atoms with E-state index in [1.807, 2.05) is 47.4 Å². The van der Waals surface area contributed by atoms with Crippen molar-refractivity contribution in [3.63, 3.8) is 0 Å². The lowest BCUT2D eigenvalue weighted by atomic mass is 10.1. The Morgan fingerprint density at radius 2 is 1.86 bits per heavy atom. The van der Waals surface area contributed by atoms with Crippen molar-refractivity contribution in [3.05, 3.63) is 35.9 Å². The zero-order valence-corrected chi connectivity index (χ0v) is 12.3. The maximum absolute atomic E-state index is 12.1. The summed E-state index contributed by atoms with van der Waals surface area (Å²) in [6.45, 7) is 1.91. The summed E-state index contributed by atoms with van der Waals surface area (Å²) in [4.78, 5) is 12.1. The van der Waals surface area contributed by atoms with Crippen LogP contribution in [0, 0.1) is 0 Å². The number of ketones is 1. The summed E-state index contributed by atoms with van der Waals surface area (Å²) in [5, 5.41) is 0. The molecule has 14 heavy (non-hydrogen) atoms. The molecule has 0 heterocycles. The average molecular weight is 415 g/mol. The van der Waals surface area contributed by atoms with Gasteiger partial charge in [-0.3, -0.25) is 4.79 Å². The van der Waals surface area contributed by atoms with Crippen LogP contribution in [-0.4, -0.2) is 19.5 Å². The van der Waals surface area contributed by atoms with Crippen molar-refractivity contribution < 1.29 is 4.79 Å². The van der Waals surface area contributed by atoms with Crippen molar-refractivity contribution in [2.24, 2.45) is 0 Å². The molecule has 2 nitrogen and oxygen atoms in total. The molecule has 1 rings (SSSR count). The Bertz CT molecular complexity index is 322. The Kier molecular flexibility index (Phi) is 4.32. The minimum absolute atomic E-state index is 0.135. The third-order valence-electron chi connectivity index (χ3n) is 2.03. The van der Waals surface area contributed by atoms with Gasteiger partial charge in [0.2, 0.25) is 0 Å². The van der Waals surface area contributed by atoms with Gasteiger partial charge in [-0.2, -0.15) is 0 Å². The van der Waals surface area contributed by atoms with Crippen LogP contribution < -0.4 is 0 Å². The molecule has 0 bridgehead atoms. The number of alkyl halides is 1. The molecule has 1 aromatic rings. The number of carbonyl (C=O) groups excluding carboxylic acids is 1. The van der Waals surface area contributed by atoms with Crippen LogP contribution in [0.4, 0.5) is 0 Å². The number of likely N-dealkylation sites (N-methyl/N-ethyl adjacent to an activating group) is 1. The smallest absolute Gasteiger partial charge is 0.193 e. The van der Waals surface area contributed by atoms with Gasteiger partial charge in [-0.15, -0.1) is 0 Å². The second kappa shape index (κ2) is 4.89. The molecular formula is C10H11I2NO. The minimum Gasteiger partial charge on any atom is -0.291 e. The largest absolute Gasteiger partial charge is 0.291 e. The summed E-state index contributed by atoms with van der Waals surface area (Å²) in [6.07, 6.45) is 0. The molecule has 76 valence electrons. The molecule has 0 fully saturated rings. The van der Waals surface area contributed by atoms with Gasteiger partial charge in [-0.25, -0.2) is 3.11 Å². The third kappa shape index (κ3) is 2.66. The molecular weight excluding hydrogens is 404 g/mol. The van der Waals surface area contributed by atoms with Crippen molar-refractivity contribution in [1.29, 1.82) is 0 Å². The molecule has 0 aromatic heterocycles. The number of carbonyl (C=O) groups is 1. The average Bonchev–Trinajstić information content (AvgIpc) is 2.17. The van der Waals surface area contributed by atoms with Gasteiger partial charge in [0, 0.05) is 28.4 Å². The summed E-state index contributed by atoms with van der Waals surface area (Å²) in [6, 6.07) is 9.37. The normalized spacial score (nSPS) is 15.2. The van der Waals surface area contributed by atoms with Crippen LogP contribution in [0.5, 0.6) is 0 Å². The molecule has 0 N–H and O–H groups in total. The van der Waals surface area contributed by atoms with Gasteiger partial charge in [0.25, 0.3) is 0 Å². The summed E-state index contributed by atoms with van der Waals surface area (Å²) in [5.74, 6) is 0.135. The molecule has 1 atom stereocenters. The number of rotatable bonds is 3. The Balaban J connectivity index is 2.97. The van der Waals surface area contributed by atoms with E-state index in [4.69, 9.17) is 0 Å². The van der Waals surface area contributed by atoms with Crippen LogP contribution in [-0.2, 0) is 0 Å². The van der Waals surface area contributed by atoms with Gasteiger partial charge in [-0.1, -0.05) is 52.9 Å². The first-order chi connectivity index (χ1) is 6.46. The Hall–Kier alpha value is 0.310. The molecule has 0 saturated carbocycles. The van der Waals surface area contributed by atoms with Crippen LogP contribution >= 0.6 is 45.5 Å². The molecule has 0 aliphatic carbocycles. The van der Waals surface area contributed by atoms with Crippen LogP contribution in [0.25, 0.3) is 0 Å². The first-order valence-corrected chi connectivity index (χ1v) is 6.19. The number of nitrogens with zero attached hydrogens (tertiary/aromatic N) is 1. The fraction of sp³-hybridized carbons (Fsp3) is 0.300. The highest BCUT2D eigenvalue weighted by atomic mass is 127. The van der Waals surface area contributed by atoms with Crippen molar-refractivity contribution in [3.8, 4) is 0 Å². The summed E-state index contributed by atoms with van der Waals surface area (Å²) in [5.41, 5.74) is 0.757. The monoisotopic (exact) mass is 415 g/mol. The predicted molar refractivity (Wildman–Crippen MR) is 75.0 cm³/mol. The number of halogens is 2. The Morgan fingerprint density at radius 3 is 2.29 bits per heavy atom. The van der Waals surface area contributed by atoms with Crippen LogP contribution in [0.1, 0.15) is 17.3 Å². The number of hydrogen-bond donors (Lipinski definition) is 0. The molecule has 1 unspecified atom stereocenters. The predicted octanol–water partition coefficient (Wildman–Crippen LogP) is 3.30. The first kappa shape index (κ1) is 12.4. The molecule has 0 spiro atoms. The highest BCUT2D eigenvalue weighted by Gasteiger charge is 2.33. The van der Waals surface area contributed by atoms with Crippen molar-refractivity contribution in [2.75, 3.05) is 7.05 Å². The molecule has 0 aliphatic rings. The van der Waals surface area contributed by atoms with Gasteiger partial charge in [0.15, 0.2) is 5.78 Å². The first-order valence-electron chi connectivity index (χ1n) is 4.14. The van der Waals surface area contributed by atoms with Gasteiger partial charge in [0.1, 0.15) is 3.55 Å². The number of benzene rings is 1. The topological polar surface area (TPSA) is 20.3 Å². The van der Waals surface area contributed by atoms with Crippen LogP contribution in [0.2, 0.25) is 0 Å². The van der Waals surface area contributed by atoms with E-state index in [0.717, 1.165) is 5.56 Å². The molecule has 0 radical (unpaired) electrons. The van der Waals surface area contributed by atoms with E-state index in [0.29, 0.717) is 0 Å². The highest BCUT2D eigenvalue weighted by molar-refractivity contribution is 14.1. The molecule has 0 saturated heterocycles. The van der Waals surface area contributed by atoms with E-state index in [9.17, 15) is 4.79 Å². The summed E-state index contributed by atoms with van der Waals surface area (Å²) >= 11 is 4.30. The second-order valence-corrected chi connectivity index (χ2v) is 6.67. The molecule has 4 heteroatoms. The lowest BCUT2D eigenvalue weighted by molar-refractivity contribution is 0.0920. The van der Waals surface area contributed by atoms with Crippen molar-refractivity contribution >= 4 is 51.2 Å². The van der Waals surface area contributed by atoms with Gasteiger partial charge < -0.3 is 0 Å². The van der Waals surface area contributed by atoms with Gasteiger partial charge in [-0.05, 0) is 14.0 Å². The quantitative estimate of drug-likeness (QED) is 0.249. The summed E-state index contributed by atoms with van der Waals surface area (Å²) < 4.78 is 1.40. The lowest BCUT2D eigenvalue weighted by Gasteiger charge is -2.26. The second-order valence-electron chi connectivity index (χ2n) is 3.13. The zero-order chi connectivity index (χ0) is 10.8. The fourth-order valence-electron chi connectivity index (χ4n) is 0.993. The number of hydrogen-bond acceptors (Lipinski definition) is 2. The van der Waals surface area contributed by atoms with E-state index in [2.05, 4.69) is 45.5 Å². The Labute approximate surface area is 112 Å². The molecule has 0 aliphatic heterocycles. The van der Waals surface area contributed by atoms with Crippen LogP contribution in [0.15, 0.2) is 30.3 Å². The SMILES string of the molecule is CN(I)C(C)(I)C(=O)c1ccccc1. The van der Waals surface area contributed by atoms with E-state index < -0.39 is 3.55 Å². The van der Waals surface area contributed by atoms with Crippen LogP contribution in [0.3, 0.4) is 0 Å². The maximum atomic E-state index is 12.1. The van der Waals surface area contributed by atoms with E-state index >= 15 is 0 Å². The van der Waals surface area contributed by atoms with E-state index in [1.54, 1.807) is 0 Å². The van der Waals surface area contributed by atoms with E-state index in [1.165, 1.54) is 0 Å². The third-order valence-corrected chi connectivity index (χ3v) is 5.13. The molecule has 1 aromatic carbocycles. The van der Waals surface area contributed by atoms with E-state index in [-0.39, 0.29) is 5.78 Å². The van der Waals surface area contributed by atoms with Gasteiger partial charge in [0.05, 0.1) is 0 Å². The minimum atomic E-state index is -0.486. The number of Topliss-reactive ketones (excluding diaryl/α,β-unsaturated/α-hetero) is 1. The maximum Gasteiger partial charge on any atom is 0.193 e. The highest BCUT2D eigenvalue weighted by Crippen LogP contribution is 2.29. The zero-order valence-electron chi connectivity index (χ0n) is 8.00. The lowest BCUT2D eigenvalue weighted by Crippen LogP contribution is -2.39. The Morgan fingerprint density at radius 1 is 1.36 bits per heavy atom.